The predicted octanol–water partition coefficient (Wildman–Crippen LogP) is 2.23. The minimum absolute atomic E-state index is 0.423. The van der Waals surface area contributed by atoms with Crippen LogP contribution >= 0.6 is 0 Å². The molecule has 0 radical (unpaired) electrons. The Kier molecular flexibility index (Phi) is 3.31. The molecule has 1 aliphatic carbocycles. The number of hydrogen-bond acceptors (Lipinski definition) is 5. The van der Waals surface area contributed by atoms with E-state index in [1.807, 2.05) is 4.68 Å². The third kappa shape index (κ3) is 2.52. The molecule has 1 fully saturated rings. The topological polar surface area (TPSA) is 68.5 Å². The summed E-state index contributed by atoms with van der Waals surface area (Å²) in [5.41, 5.74) is 1.63. The monoisotopic (exact) mass is 260 g/mol. The van der Waals surface area contributed by atoms with Crippen LogP contribution in [0.5, 0.6) is 0 Å². The summed E-state index contributed by atoms with van der Waals surface area (Å²) in [6.45, 7) is 5.27. The molecule has 1 saturated carbocycles. The van der Waals surface area contributed by atoms with Gasteiger partial charge in [-0.3, -0.25) is 0 Å². The molecule has 0 atom stereocenters. The molecule has 0 bridgehead atoms. The van der Waals surface area contributed by atoms with Crippen LogP contribution in [0.1, 0.15) is 39.5 Å². The molecule has 0 unspecified atom stereocenters. The van der Waals surface area contributed by atoms with Crippen LogP contribution in [0.15, 0.2) is 6.33 Å². The average Bonchev–Trinajstić information content (AvgIpc) is 3.16. The van der Waals surface area contributed by atoms with E-state index in [-0.39, 0.29) is 0 Å². The molecule has 6 heteroatoms. The van der Waals surface area contributed by atoms with Crippen molar-refractivity contribution >= 4 is 17.0 Å². The summed E-state index contributed by atoms with van der Waals surface area (Å²) < 4.78 is 1.91. The van der Waals surface area contributed by atoms with Gasteiger partial charge in [-0.1, -0.05) is 19.1 Å². The van der Waals surface area contributed by atoms with E-state index in [2.05, 4.69) is 39.4 Å². The highest BCUT2D eigenvalue weighted by molar-refractivity contribution is 5.81. The van der Waals surface area contributed by atoms with Crippen molar-refractivity contribution in [3.8, 4) is 0 Å². The van der Waals surface area contributed by atoms with Crippen LogP contribution in [0.25, 0.3) is 11.2 Å². The standard InChI is InChI=1S/C13H20N6/c1-3-10(4-2)16-12-11-13(15-8-14-12)19(18-17-11)7-9-5-6-9/h8-10H,3-7H2,1-2H3,(H,14,15,16). The van der Waals surface area contributed by atoms with Crippen molar-refractivity contribution in [3.05, 3.63) is 6.33 Å². The molecular weight excluding hydrogens is 240 g/mol. The van der Waals surface area contributed by atoms with Gasteiger partial charge < -0.3 is 5.32 Å². The average molecular weight is 260 g/mol. The fraction of sp³-hybridized carbons (Fsp3) is 0.692. The van der Waals surface area contributed by atoms with E-state index in [9.17, 15) is 0 Å². The van der Waals surface area contributed by atoms with Crippen LogP contribution in [0.3, 0.4) is 0 Å². The minimum Gasteiger partial charge on any atom is -0.365 e. The Morgan fingerprint density at radius 3 is 2.79 bits per heavy atom. The highest BCUT2D eigenvalue weighted by Crippen LogP contribution is 2.31. The Balaban J connectivity index is 1.89. The molecule has 2 heterocycles. The summed E-state index contributed by atoms with van der Waals surface area (Å²) in [6.07, 6.45) is 6.33. The Hall–Kier alpha value is -1.72. The van der Waals surface area contributed by atoms with Crippen molar-refractivity contribution in [2.75, 3.05) is 5.32 Å². The van der Waals surface area contributed by atoms with Gasteiger partial charge in [-0.25, -0.2) is 14.6 Å². The van der Waals surface area contributed by atoms with E-state index in [0.717, 1.165) is 42.3 Å². The Morgan fingerprint density at radius 1 is 1.32 bits per heavy atom. The van der Waals surface area contributed by atoms with Gasteiger partial charge >= 0.3 is 0 Å². The summed E-state index contributed by atoms with van der Waals surface area (Å²) in [6, 6.07) is 0.423. The second kappa shape index (κ2) is 5.11. The summed E-state index contributed by atoms with van der Waals surface area (Å²) in [7, 11) is 0. The molecule has 0 aromatic carbocycles. The van der Waals surface area contributed by atoms with Crippen molar-refractivity contribution < 1.29 is 0 Å². The van der Waals surface area contributed by atoms with Crippen LogP contribution in [-0.4, -0.2) is 31.0 Å². The summed E-state index contributed by atoms with van der Waals surface area (Å²) in [5, 5.41) is 11.9. The van der Waals surface area contributed by atoms with Crippen molar-refractivity contribution in [2.45, 2.75) is 52.1 Å². The second-order valence-electron chi connectivity index (χ2n) is 5.27. The van der Waals surface area contributed by atoms with Gasteiger partial charge in [-0.2, -0.15) is 0 Å². The second-order valence-corrected chi connectivity index (χ2v) is 5.27. The van der Waals surface area contributed by atoms with Gasteiger partial charge in [0.2, 0.25) is 0 Å². The van der Waals surface area contributed by atoms with E-state index in [0.29, 0.717) is 6.04 Å². The first-order valence-electron chi connectivity index (χ1n) is 7.12. The van der Waals surface area contributed by atoms with E-state index in [4.69, 9.17) is 0 Å². The molecule has 0 aliphatic heterocycles. The summed E-state index contributed by atoms with van der Waals surface area (Å²) >= 11 is 0. The highest BCUT2D eigenvalue weighted by atomic mass is 15.4. The first kappa shape index (κ1) is 12.3. The molecule has 0 amide bonds. The number of aromatic nitrogens is 5. The molecule has 1 aliphatic rings. The molecule has 19 heavy (non-hydrogen) atoms. The van der Waals surface area contributed by atoms with Crippen molar-refractivity contribution in [1.82, 2.24) is 25.0 Å². The van der Waals surface area contributed by atoms with Crippen LogP contribution in [0.2, 0.25) is 0 Å². The summed E-state index contributed by atoms with van der Waals surface area (Å²) in [4.78, 5) is 8.64. The maximum Gasteiger partial charge on any atom is 0.183 e. The van der Waals surface area contributed by atoms with Gasteiger partial charge in [-0.05, 0) is 31.6 Å². The van der Waals surface area contributed by atoms with E-state index in [1.54, 1.807) is 6.33 Å². The summed E-state index contributed by atoms with van der Waals surface area (Å²) in [5.74, 6) is 1.57. The fourth-order valence-corrected chi connectivity index (χ4v) is 2.25. The van der Waals surface area contributed by atoms with Crippen LogP contribution < -0.4 is 5.32 Å². The van der Waals surface area contributed by atoms with Crippen molar-refractivity contribution in [3.63, 3.8) is 0 Å². The van der Waals surface area contributed by atoms with E-state index >= 15 is 0 Å². The zero-order valence-corrected chi connectivity index (χ0v) is 11.5. The van der Waals surface area contributed by atoms with Gasteiger partial charge in [0.05, 0.1) is 0 Å². The molecular formula is C13H20N6. The minimum atomic E-state index is 0.423. The number of fused-ring (bicyclic) bond motifs is 1. The van der Waals surface area contributed by atoms with E-state index < -0.39 is 0 Å². The van der Waals surface area contributed by atoms with Crippen LogP contribution in [0, 0.1) is 5.92 Å². The number of nitrogens with zero attached hydrogens (tertiary/aromatic N) is 5. The highest BCUT2D eigenvalue weighted by Gasteiger charge is 2.24. The third-order valence-electron chi connectivity index (χ3n) is 3.75. The van der Waals surface area contributed by atoms with Crippen molar-refractivity contribution in [1.29, 1.82) is 0 Å². The zero-order chi connectivity index (χ0) is 13.2. The lowest BCUT2D eigenvalue weighted by Crippen LogP contribution is -2.18. The zero-order valence-electron chi connectivity index (χ0n) is 11.5. The first-order valence-corrected chi connectivity index (χ1v) is 7.12. The predicted molar refractivity (Wildman–Crippen MR) is 73.8 cm³/mol. The molecule has 6 nitrogen and oxygen atoms in total. The number of anilines is 1. The maximum absolute atomic E-state index is 4.33. The quantitative estimate of drug-likeness (QED) is 0.862. The fourth-order valence-electron chi connectivity index (χ4n) is 2.25. The Bertz CT molecular complexity index is 555. The number of rotatable bonds is 6. The smallest absolute Gasteiger partial charge is 0.183 e. The normalized spacial score (nSPS) is 15.3. The van der Waals surface area contributed by atoms with E-state index in [1.165, 1.54) is 12.8 Å². The lowest BCUT2D eigenvalue weighted by Gasteiger charge is -2.14. The van der Waals surface area contributed by atoms with Gasteiger partial charge in [0.25, 0.3) is 0 Å². The number of hydrogen-bond donors (Lipinski definition) is 1. The molecule has 3 rings (SSSR count). The molecule has 1 N–H and O–H groups in total. The largest absolute Gasteiger partial charge is 0.365 e. The molecule has 2 aromatic rings. The molecule has 102 valence electrons. The Morgan fingerprint density at radius 2 is 2.11 bits per heavy atom. The number of nitrogens with one attached hydrogen (secondary N) is 1. The lowest BCUT2D eigenvalue weighted by molar-refractivity contribution is 0.555. The van der Waals surface area contributed by atoms with Gasteiger partial charge in [-0.15, -0.1) is 5.10 Å². The van der Waals surface area contributed by atoms with Gasteiger partial charge in [0, 0.05) is 12.6 Å². The molecule has 0 spiro atoms. The van der Waals surface area contributed by atoms with Gasteiger partial charge in [0.1, 0.15) is 6.33 Å². The molecule has 0 saturated heterocycles. The first-order chi connectivity index (χ1) is 9.31. The maximum atomic E-state index is 4.33. The molecule has 2 aromatic heterocycles. The van der Waals surface area contributed by atoms with Gasteiger partial charge in [0.15, 0.2) is 17.0 Å². The Labute approximate surface area is 112 Å². The van der Waals surface area contributed by atoms with Crippen LogP contribution in [-0.2, 0) is 6.54 Å². The van der Waals surface area contributed by atoms with Crippen molar-refractivity contribution in [2.24, 2.45) is 5.92 Å². The SMILES string of the molecule is CCC(CC)Nc1ncnc2c1nnn2CC1CC1. The van der Waals surface area contributed by atoms with Crippen LogP contribution in [0.4, 0.5) is 5.82 Å². The lowest BCUT2D eigenvalue weighted by atomic mass is 10.2. The third-order valence-corrected chi connectivity index (χ3v) is 3.75.